The molecule has 0 aliphatic carbocycles. The molecule has 0 fully saturated rings. The molecule has 1 aromatic heterocycles. The lowest BCUT2D eigenvalue weighted by Crippen LogP contribution is -2.02. The number of nitrogens with zero attached hydrogens (tertiary/aromatic N) is 2. The molecule has 108 valence electrons. The molecule has 1 unspecified atom stereocenters. The molecule has 0 aliphatic heterocycles. The van der Waals surface area contributed by atoms with Crippen LogP contribution in [0.1, 0.15) is 48.9 Å². The number of rotatable bonds is 7. The van der Waals surface area contributed by atoms with Crippen molar-refractivity contribution < 1.29 is 9.84 Å². The van der Waals surface area contributed by atoms with Gasteiger partial charge < -0.3 is 9.84 Å². The maximum Gasteiger partial charge on any atom is 0.119 e. The first kappa shape index (κ1) is 14.9. The molecule has 1 heterocycles. The van der Waals surface area contributed by atoms with Gasteiger partial charge in [-0.25, -0.2) is 0 Å². The molecular formula is C15H20N2O2S. The first-order valence-corrected chi connectivity index (χ1v) is 7.75. The molecule has 1 atom stereocenters. The Kier molecular flexibility index (Phi) is 5.49. The first-order chi connectivity index (χ1) is 9.76. The van der Waals surface area contributed by atoms with Gasteiger partial charge in [-0.15, -0.1) is 5.10 Å². The van der Waals surface area contributed by atoms with E-state index in [4.69, 9.17) is 4.74 Å². The SMILES string of the molecule is CCCOc1ccc(C(O)c2snnc2CCC)cc1. The van der Waals surface area contributed by atoms with Crippen LogP contribution in [-0.4, -0.2) is 21.3 Å². The Bertz CT molecular complexity index is 525. The van der Waals surface area contributed by atoms with E-state index in [1.54, 1.807) is 0 Å². The van der Waals surface area contributed by atoms with Crippen LogP contribution in [0.15, 0.2) is 24.3 Å². The van der Waals surface area contributed by atoms with Gasteiger partial charge in [0.25, 0.3) is 0 Å². The van der Waals surface area contributed by atoms with Gasteiger partial charge in [0.1, 0.15) is 11.9 Å². The van der Waals surface area contributed by atoms with Crippen LogP contribution in [0.25, 0.3) is 0 Å². The Balaban J connectivity index is 2.12. The van der Waals surface area contributed by atoms with Crippen molar-refractivity contribution in [3.05, 3.63) is 40.4 Å². The van der Waals surface area contributed by atoms with Crippen molar-refractivity contribution in [1.82, 2.24) is 9.59 Å². The van der Waals surface area contributed by atoms with E-state index in [-0.39, 0.29) is 0 Å². The topological polar surface area (TPSA) is 55.2 Å². The molecule has 0 aliphatic rings. The smallest absolute Gasteiger partial charge is 0.119 e. The number of aliphatic hydroxyl groups excluding tert-OH is 1. The highest BCUT2D eigenvalue weighted by molar-refractivity contribution is 7.05. The second kappa shape index (κ2) is 7.36. The Labute approximate surface area is 123 Å². The zero-order valence-corrected chi connectivity index (χ0v) is 12.7. The molecule has 1 N–H and O–H groups in total. The summed E-state index contributed by atoms with van der Waals surface area (Å²) in [6, 6.07) is 7.57. The average molecular weight is 292 g/mol. The number of benzene rings is 1. The van der Waals surface area contributed by atoms with Crippen molar-refractivity contribution in [3.8, 4) is 5.75 Å². The Morgan fingerprint density at radius 3 is 2.60 bits per heavy atom. The highest BCUT2D eigenvalue weighted by atomic mass is 32.1. The third kappa shape index (κ3) is 3.55. The molecule has 0 saturated heterocycles. The number of aliphatic hydroxyl groups is 1. The highest BCUT2D eigenvalue weighted by Gasteiger charge is 2.18. The molecule has 0 radical (unpaired) electrons. The van der Waals surface area contributed by atoms with Crippen LogP contribution < -0.4 is 4.74 Å². The van der Waals surface area contributed by atoms with Crippen LogP contribution in [0.2, 0.25) is 0 Å². The predicted octanol–water partition coefficient (Wildman–Crippen LogP) is 3.36. The van der Waals surface area contributed by atoms with E-state index in [0.29, 0.717) is 6.61 Å². The molecule has 4 nitrogen and oxygen atoms in total. The fourth-order valence-corrected chi connectivity index (χ4v) is 2.66. The van der Waals surface area contributed by atoms with Gasteiger partial charge in [-0.2, -0.15) is 0 Å². The van der Waals surface area contributed by atoms with E-state index in [1.165, 1.54) is 11.5 Å². The van der Waals surface area contributed by atoms with Gasteiger partial charge in [0.2, 0.25) is 0 Å². The average Bonchev–Trinajstić information content (AvgIpc) is 2.93. The van der Waals surface area contributed by atoms with Gasteiger partial charge in [0.15, 0.2) is 0 Å². The fourth-order valence-electron chi connectivity index (χ4n) is 1.95. The van der Waals surface area contributed by atoms with Gasteiger partial charge in [0, 0.05) is 0 Å². The standard InChI is InChI=1S/C15H20N2O2S/c1-3-5-13-15(20-17-16-13)14(18)11-6-8-12(9-7-11)19-10-4-2/h6-9,14,18H,3-5,10H2,1-2H3. The van der Waals surface area contributed by atoms with Crippen LogP contribution >= 0.6 is 11.5 Å². The van der Waals surface area contributed by atoms with Crippen LogP contribution in [0.4, 0.5) is 0 Å². The molecule has 0 bridgehead atoms. The fraction of sp³-hybridized carbons (Fsp3) is 0.467. The summed E-state index contributed by atoms with van der Waals surface area (Å²) < 4.78 is 9.49. The third-order valence-corrected chi connectivity index (χ3v) is 3.81. The molecular weight excluding hydrogens is 272 g/mol. The van der Waals surface area contributed by atoms with Crippen LogP contribution in [0.3, 0.4) is 0 Å². The third-order valence-electron chi connectivity index (χ3n) is 2.99. The van der Waals surface area contributed by atoms with Crippen molar-refractivity contribution in [1.29, 1.82) is 0 Å². The molecule has 2 rings (SSSR count). The summed E-state index contributed by atoms with van der Waals surface area (Å²) in [7, 11) is 0. The number of hydrogen-bond donors (Lipinski definition) is 1. The quantitative estimate of drug-likeness (QED) is 0.850. The van der Waals surface area contributed by atoms with Crippen molar-refractivity contribution in [2.75, 3.05) is 6.61 Å². The van der Waals surface area contributed by atoms with Crippen molar-refractivity contribution >= 4 is 11.5 Å². The summed E-state index contributed by atoms with van der Waals surface area (Å²) in [5.41, 5.74) is 1.74. The van der Waals surface area contributed by atoms with Crippen LogP contribution in [0, 0.1) is 0 Å². The Morgan fingerprint density at radius 2 is 1.95 bits per heavy atom. The minimum atomic E-state index is -0.656. The monoisotopic (exact) mass is 292 g/mol. The largest absolute Gasteiger partial charge is 0.494 e. The lowest BCUT2D eigenvalue weighted by Gasteiger charge is -2.11. The molecule has 1 aromatic carbocycles. The van der Waals surface area contributed by atoms with E-state index in [1.807, 2.05) is 24.3 Å². The van der Waals surface area contributed by atoms with E-state index in [0.717, 1.165) is 41.1 Å². The first-order valence-electron chi connectivity index (χ1n) is 6.98. The van der Waals surface area contributed by atoms with E-state index < -0.39 is 6.10 Å². The Morgan fingerprint density at radius 1 is 1.20 bits per heavy atom. The molecule has 5 heteroatoms. The predicted molar refractivity (Wildman–Crippen MR) is 80.2 cm³/mol. The maximum absolute atomic E-state index is 10.4. The minimum absolute atomic E-state index is 0.656. The van der Waals surface area contributed by atoms with Crippen molar-refractivity contribution in [2.45, 2.75) is 39.2 Å². The molecule has 0 amide bonds. The van der Waals surface area contributed by atoms with Gasteiger partial charge in [-0.05, 0) is 42.1 Å². The summed E-state index contributed by atoms with van der Waals surface area (Å²) in [5.74, 6) is 0.832. The lowest BCUT2D eigenvalue weighted by molar-refractivity contribution is 0.222. The van der Waals surface area contributed by atoms with E-state index in [2.05, 4.69) is 23.4 Å². The van der Waals surface area contributed by atoms with Crippen molar-refractivity contribution in [2.24, 2.45) is 0 Å². The lowest BCUT2D eigenvalue weighted by atomic mass is 10.1. The summed E-state index contributed by atoms with van der Waals surface area (Å²) in [6.07, 6.45) is 2.17. The van der Waals surface area contributed by atoms with Gasteiger partial charge in [-0.1, -0.05) is 36.9 Å². The zero-order chi connectivity index (χ0) is 14.4. The molecule has 0 saturated carbocycles. The molecule has 2 aromatic rings. The highest BCUT2D eigenvalue weighted by Crippen LogP contribution is 2.28. The van der Waals surface area contributed by atoms with Crippen molar-refractivity contribution in [3.63, 3.8) is 0 Å². The number of hydrogen-bond acceptors (Lipinski definition) is 5. The summed E-state index contributed by atoms with van der Waals surface area (Å²) >= 11 is 1.27. The summed E-state index contributed by atoms with van der Waals surface area (Å²) in [5, 5.41) is 14.5. The second-order valence-electron chi connectivity index (χ2n) is 4.65. The second-order valence-corrected chi connectivity index (χ2v) is 5.44. The molecule has 20 heavy (non-hydrogen) atoms. The summed E-state index contributed by atoms with van der Waals surface area (Å²) in [6.45, 7) is 4.88. The zero-order valence-electron chi connectivity index (χ0n) is 11.9. The normalized spacial score (nSPS) is 12.3. The van der Waals surface area contributed by atoms with Crippen LogP contribution in [0.5, 0.6) is 5.75 Å². The Hall–Kier alpha value is -1.46. The van der Waals surface area contributed by atoms with E-state index in [9.17, 15) is 5.11 Å². The number of ether oxygens (including phenoxy) is 1. The van der Waals surface area contributed by atoms with Gasteiger partial charge in [0.05, 0.1) is 17.2 Å². The summed E-state index contributed by atoms with van der Waals surface area (Å²) in [4.78, 5) is 0.842. The minimum Gasteiger partial charge on any atom is -0.494 e. The molecule has 0 spiro atoms. The van der Waals surface area contributed by atoms with Gasteiger partial charge >= 0.3 is 0 Å². The van der Waals surface area contributed by atoms with Gasteiger partial charge in [-0.3, -0.25) is 0 Å². The number of aromatic nitrogens is 2. The van der Waals surface area contributed by atoms with Crippen LogP contribution in [-0.2, 0) is 6.42 Å². The number of aryl methyl sites for hydroxylation is 1. The maximum atomic E-state index is 10.4. The van der Waals surface area contributed by atoms with E-state index >= 15 is 0 Å².